The summed E-state index contributed by atoms with van der Waals surface area (Å²) >= 11 is 0. The van der Waals surface area contributed by atoms with E-state index in [1.54, 1.807) is 18.5 Å². The molecule has 39 heavy (non-hydrogen) atoms. The molecule has 3 aromatic carbocycles. The number of amides is 1. The number of carbonyl (C=O) groups is 1. The topological polar surface area (TPSA) is 63.5 Å². The first-order valence-electron chi connectivity index (χ1n) is 13.0. The second-order valence-electron chi connectivity index (χ2n) is 9.62. The summed E-state index contributed by atoms with van der Waals surface area (Å²) in [5, 5.41) is 0.926. The number of fused-ring (bicyclic) bond motifs is 1. The number of aromatic nitrogens is 3. The van der Waals surface area contributed by atoms with Gasteiger partial charge in [0.05, 0.1) is 5.39 Å². The van der Waals surface area contributed by atoms with Gasteiger partial charge in [-0.05, 0) is 54.4 Å². The lowest BCUT2D eigenvalue weighted by Crippen LogP contribution is -2.50. The average Bonchev–Trinajstić information content (AvgIpc) is 3.37. The van der Waals surface area contributed by atoms with Gasteiger partial charge in [-0.25, -0.2) is 14.4 Å². The number of anilines is 1. The SMILES string of the molecule is Cc1cccc(OCC(=O)N2CCN(c3ncnc4c3c(-c3ccccc3)cn4-c3ccc(F)cc3)CC2)c1. The summed E-state index contributed by atoms with van der Waals surface area (Å²) in [5.41, 5.74) is 4.69. The highest BCUT2D eigenvalue weighted by molar-refractivity contribution is 6.02. The Kier molecular flexibility index (Phi) is 6.67. The Bertz CT molecular complexity index is 1610. The maximum atomic E-state index is 13.7. The van der Waals surface area contributed by atoms with Crippen LogP contribution in [0.1, 0.15) is 5.56 Å². The van der Waals surface area contributed by atoms with E-state index in [1.165, 1.54) is 12.1 Å². The molecule has 6 rings (SSSR count). The molecule has 0 aliphatic carbocycles. The number of benzene rings is 3. The van der Waals surface area contributed by atoms with E-state index in [0.29, 0.717) is 31.9 Å². The van der Waals surface area contributed by atoms with Crippen LogP contribution in [0.5, 0.6) is 5.75 Å². The molecule has 1 amide bonds. The third-order valence-electron chi connectivity index (χ3n) is 7.04. The monoisotopic (exact) mass is 521 g/mol. The summed E-state index contributed by atoms with van der Waals surface area (Å²) in [4.78, 5) is 26.2. The molecule has 0 spiro atoms. The van der Waals surface area contributed by atoms with Gasteiger partial charge in [-0.3, -0.25) is 4.79 Å². The molecule has 5 aromatic rings. The Hall–Kier alpha value is -4.72. The van der Waals surface area contributed by atoms with Crippen LogP contribution in [0, 0.1) is 12.7 Å². The summed E-state index contributed by atoms with van der Waals surface area (Å²) in [6, 6.07) is 24.2. The van der Waals surface area contributed by atoms with Gasteiger partial charge in [0, 0.05) is 43.6 Å². The van der Waals surface area contributed by atoms with E-state index in [1.807, 2.05) is 65.1 Å². The van der Waals surface area contributed by atoms with Gasteiger partial charge in [0.15, 0.2) is 12.3 Å². The molecule has 7 nitrogen and oxygen atoms in total. The van der Waals surface area contributed by atoms with E-state index in [-0.39, 0.29) is 18.3 Å². The van der Waals surface area contributed by atoms with Crippen LogP contribution < -0.4 is 9.64 Å². The van der Waals surface area contributed by atoms with Crippen molar-refractivity contribution in [3.63, 3.8) is 0 Å². The minimum atomic E-state index is -0.287. The predicted octanol–water partition coefficient (Wildman–Crippen LogP) is 5.26. The van der Waals surface area contributed by atoms with Crippen molar-refractivity contribution in [2.75, 3.05) is 37.7 Å². The quantitative estimate of drug-likeness (QED) is 0.305. The van der Waals surface area contributed by atoms with Crippen LogP contribution in [0.3, 0.4) is 0 Å². The minimum absolute atomic E-state index is 0.0138. The van der Waals surface area contributed by atoms with E-state index < -0.39 is 0 Å². The van der Waals surface area contributed by atoms with Gasteiger partial charge in [-0.15, -0.1) is 0 Å². The highest BCUT2D eigenvalue weighted by Gasteiger charge is 2.26. The normalized spacial score (nSPS) is 13.6. The number of carbonyl (C=O) groups excluding carboxylic acids is 1. The van der Waals surface area contributed by atoms with Gasteiger partial charge >= 0.3 is 0 Å². The number of aryl methyl sites for hydroxylation is 1. The molecule has 0 N–H and O–H groups in total. The van der Waals surface area contributed by atoms with Gasteiger partial charge < -0.3 is 19.1 Å². The Morgan fingerprint density at radius 2 is 1.69 bits per heavy atom. The second kappa shape index (κ2) is 10.6. The molecule has 0 atom stereocenters. The van der Waals surface area contributed by atoms with Crippen molar-refractivity contribution in [3.05, 3.63) is 103 Å². The Morgan fingerprint density at radius 3 is 2.44 bits per heavy atom. The van der Waals surface area contributed by atoms with Crippen LogP contribution in [0.25, 0.3) is 27.8 Å². The van der Waals surface area contributed by atoms with E-state index >= 15 is 0 Å². The van der Waals surface area contributed by atoms with Gasteiger partial charge in [0.25, 0.3) is 5.91 Å². The first-order chi connectivity index (χ1) is 19.1. The van der Waals surface area contributed by atoms with Gasteiger partial charge in [-0.1, -0.05) is 42.5 Å². The van der Waals surface area contributed by atoms with Crippen LogP contribution in [-0.4, -0.2) is 58.1 Å². The number of nitrogens with zero attached hydrogens (tertiary/aromatic N) is 5. The zero-order valence-corrected chi connectivity index (χ0v) is 21.6. The molecule has 0 saturated carbocycles. The minimum Gasteiger partial charge on any atom is -0.484 e. The lowest BCUT2D eigenvalue weighted by Gasteiger charge is -2.35. The van der Waals surface area contributed by atoms with Crippen LogP contribution in [0.2, 0.25) is 0 Å². The van der Waals surface area contributed by atoms with Crippen LogP contribution in [0.15, 0.2) is 91.4 Å². The van der Waals surface area contributed by atoms with Crippen molar-refractivity contribution in [3.8, 4) is 22.6 Å². The number of piperazine rings is 1. The largest absolute Gasteiger partial charge is 0.484 e. The van der Waals surface area contributed by atoms with E-state index in [4.69, 9.17) is 9.72 Å². The van der Waals surface area contributed by atoms with Crippen molar-refractivity contribution >= 4 is 22.8 Å². The second-order valence-corrected chi connectivity index (χ2v) is 9.62. The molecule has 1 aliphatic rings. The number of rotatable bonds is 6. The summed E-state index contributed by atoms with van der Waals surface area (Å²) in [6.07, 6.45) is 3.60. The van der Waals surface area contributed by atoms with Gasteiger partial charge in [0.2, 0.25) is 0 Å². The third kappa shape index (κ3) is 5.05. The Morgan fingerprint density at radius 1 is 0.923 bits per heavy atom. The number of hydrogen-bond acceptors (Lipinski definition) is 5. The Balaban J connectivity index is 1.27. The van der Waals surface area contributed by atoms with Gasteiger partial charge in [-0.2, -0.15) is 0 Å². The van der Waals surface area contributed by atoms with E-state index in [9.17, 15) is 9.18 Å². The molecular formula is C31H28FN5O2. The van der Waals surface area contributed by atoms with Crippen molar-refractivity contribution in [2.24, 2.45) is 0 Å². The molecule has 1 fully saturated rings. The average molecular weight is 522 g/mol. The smallest absolute Gasteiger partial charge is 0.260 e. The summed E-state index contributed by atoms with van der Waals surface area (Å²) in [6.45, 7) is 4.42. The first kappa shape index (κ1) is 24.6. The molecule has 3 heterocycles. The molecule has 0 radical (unpaired) electrons. The molecule has 1 aliphatic heterocycles. The standard InChI is InChI=1S/C31H28FN5O2/c1-22-6-5-9-26(18-22)39-20-28(38)35-14-16-36(17-15-35)30-29-27(23-7-3-2-4-8-23)19-37(31(29)34-21-33-30)25-12-10-24(32)11-13-25/h2-13,18-19,21H,14-17,20H2,1H3. The van der Waals surface area contributed by atoms with Crippen LogP contribution >= 0.6 is 0 Å². The molecule has 196 valence electrons. The highest BCUT2D eigenvalue weighted by Crippen LogP contribution is 2.37. The number of hydrogen-bond donors (Lipinski definition) is 0. The predicted molar refractivity (Wildman–Crippen MR) is 150 cm³/mol. The third-order valence-corrected chi connectivity index (χ3v) is 7.04. The first-order valence-corrected chi connectivity index (χ1v) is 13.0. The van der Waals surface area contributed by atoms with Crippen molar-refractivity contribution < 1.29 is 13.9 Å². The Labute approximate surface area is 226 Å². The highest BCUT2D eigenvalue weighted by atomic mass is 19.1. The van der Waals surface area contributed by atoms with E-state index in [0.717, 1.165) is 39.2 Å². The van der Waals surface area contributed by atoms with Gasteiger partial charge in [0.1, 0.15) is 23.7 Å². The lowest BCUT2D eigenvalue weighted by atomic mass is 10.1. The summed E-state index contributed by atoms with van der Waals surface area (Å²) in [7, 11) is 0. The maximum absolute atomic E-state index is 13.7. The van der Waals surface area contributed by atoms with Crippen molar-refractivity contribution in [1.29, 1.82) is 0 Å². The van der Waals surface area contributed by atoms with Crippen LogP contribution in [0.4, 0.5) is 10.2 Å². The van der Waals surface area contributed by atoms with Crippen molar-refractivity contribution in [1.82, 2.24) is 19.4 Å². The van der Waals surface area contributed by atoms with Crippen molar-refractivity contribution in [2.45, 2.75) is 6.92 Å². The van der Waals surface area contributed by atoms with E-state index in [2.05, 4.69) is 22.0 Å². The summed E-state index contributed by atoms with van der Waals surface area (Å²) in [5.74, 6) is 1.20. The number of ether oxygens (including phenoxy) is 1. The molecule has 1 saturated heterocycles. The molecule has 2 aromatic heterocycles. The fourth-order valence-corrected chi connectivity index (χ4v) is 5.03. The zero-order chi connectivity index (χ0) is 26.8. The fraction of sp³-hybridized carbons (Fsp3) is 0.194. The number of halogens is 1. The fourth-order valence-electron chi connectivity index (χ4n) is 5.03. The lowest BCUT2D eigenvalue weighted by molar-refractivity contribution is -0.133. The zero-order valence-electron chi connectivity index (χ0n) is 21.6. The molecular weight excluding hydrogens is 493 g/mol. The molecule has 8 heteroatoms. The maximum Gasteiger partial charge on any atom is 0.260 e. The van der Waals surface area contributed by atoms with Crippen LogP contribution in [-0.2, 0) is 4.79 Å². The molecule has 0 bridgehead atoms. The molecule has 0 unspecified atom stereocenters. The summed E-state index contributed by atoms with van der Waals surface area (Å²) < 4.78 is 21.4.